The summed E-state index contributed by atoms with van der Waals surface area (Å²) in [6, 6.07) is 57.9. The Bertz CT molecular complexity index is 2610. The number of anilines is 5. The Morgan fingerprint density at radius 2 is 1.20 bits per heavy atom. The maximum Gasteiger partial charge on any atom is 0.333 e. The fraction of sp³-hybridized carbons (Fsp3) is 0.208. The fourth-order valence-electron chi connectivity index (χ4n) is 10.0. The Morgan fingerprint density at radius 1 is 0.518 bits per heavy atom. The summed E-state index contributed by atoms with van der Waals surface area (Å²) in [4.78, 5) is 5.33. The average molecular weight is 725 g/mol. The summed E-state index contributed by atoms with van der Waals surface area (Å²) < 4.78 is 0. The van der Waals surface area contributed by atoms with Crippen molar-refractivity contribution in [2.45, 2.75) is 71.6 Å². The second kappa shape index (κ2) is 13.7. The molecule has 0 aromatic heterocycles. The van der Waals surface area contributed by atoms with E-state index >= 15 is 0 Å². The minimum Gasteiger partial charge on any atom is -0.376 e. The number of unbranched alkanes of at least 4 members (excludes halogenated alkanes) is 2. The average Bonchev–Trinajstić information content (AvgIpc) is 3.48. The van der Waals surface area contributed by atoms with Gasteiger partial charge in [0.15, 0.2) is 0 Å². The molecule has 0 N–H and O–H groups in total. The molecule has 2 nitrogen and oxygen atoms in total. The molecule has 1 aliphatic carbocycles. The van der Waals surface area contributed by atoms with Crippen LogP contribution in [0.15, 0.2) is 152 Å². The summed E-state index contributed by atoms with van der Waals surface area (Å²) >= 11 is 0. The second-order valence-electron chi connectivity index (χ2n) is 16.6. The van der Waals surface area contributed by atoms with Gasteiger partial charge in [-0.05, 0) is 112 Å². The molecule has 0 unspecified atom stereocenters. The lowest BCUT2D eigenvalue weighted by atomic mass is 9.43. The summed E-state index contributed by atoms with van der Waals surface area (Å²) in [6.07, 6.45) is 6.90. The number of rotatable bonds is 9. The lowest BCUT2D eigenvalue weighted by Gasteiger charge is -2.47. The molecule has 2 aliphatic heterocycles. The van der Waals surface area contributed by atoms with E-state index in [1.54, 1.807) is 0 Å². The molecule has 3 heteroatoms. The highest BCUT2D eigenvalue weighted by molar-refractivity contribution is 6.93. The molecule has 274 valence electrons. The largest absolute Gasteiger partial charge is 0.376 e. The van der Waals surface area contributed by atoms with Crippen LogP contribution in [0, 0.1) is 0 Å². The van der Waals surface area contributed by atoms with Crippen LogP contribution in [0.1, 0.15) is 75.6 Å². The molecule has 56 heavy (non-hydrogen) atoms. The van der Waals surface area contributed by atoms with E-state index in [1.165, 1.54) is 121 Å². The molecule has 3 aliphatic rings. The van der Waals surface area contributed by atoms with Gasteiger partial charge in [-0.25, -0.2) is 0 Å². The molecule has 7 aromatic rings. The number of hydrogen-bond donors (Lipinski definition) is 0. The van der Waals surface area contributed by atoms with Gasteiger partial charge in [0, 0.05) is 39.2 Å². The first-order valence-corrected chi connectivity index (χ1v) is 20.9. The molecule has 0 saturated heterocycles. The van der Waals surface area contributed by atoms with Crippen molar-refractivity contribution in [3.63, 3.8) is 0 Å². The molecular weight excluding hydrogens is 675 g/mol. The van der Waals surface area contributed by atoms with Crippen LogP contribution in [0.3, 0.4) is 0 Å². The van der Waals surface area contributed by atoms with Crippen molar-refractivity contribution in [1.29, 1.82) is 0 Å². The first kappa shape index (κ1) is 34.7. The summed E-state index contributed by atoms with van der Waals surface area (Å²) in [7, 11) is 0. The second-order valence-corrected chi connectivity index (χ2v) is 16.6. The van der Waals surface area contributed by atoms with Gasteiger partial charge in [-0.15, -0.1) is 0 Å². The zero-order valence-electron chi connectivity index (χ0n) is 33.1. The first-order chi connectivity index (χ1) is 27.5. The molecule has 0 spiro atoms. The van der Waals surface area contributed by atoms with Crippen molar-refractivity contribution in [3.8, 4) is 33.4 Å². The lowest BCUT2D eigenvalue weighted by Crippen LogP contribution is -2.61. The summed E-state index contributed by atoms with van der Waals surface area (Å²) in [5, 5.41) is 0. The normalized spacial score (nSPS) is 14.2. The van der Waals surface area contributed by atoms with Gasteiger partial charge in [0.1, 0.15) is 0 Å². The number of nitrogens with zero attached hydrogens (tertiary/aromatic N) is 2. The van der Waals surface area contributed by atoms with Crippen molar-refractivity contribution < 1.29 is 0 Å². The molecule has 0 saturated carbocycles. The van der Waals surface area contributed by atoms with Crippen LogP contribution >= 0.6 is 0 Å². The van der Waals surface area contributed by atoms with E-state index in [1.807, 2.05) is 0 Å². The van der Waals surface area contributed by atoms with Gasteiger partial charge in [0.05, 0.1) is 11.4 Å². The van der Waals surface area contributed by atoms with E-state index in [2.05, 4.69) is 189 Å². The maximum absolute atomic E-state index is 2.66. The lowest BCUT2D eigenvalue weighted by molar-refractivity contribution is 0.660. The maximum atomic E-state index is 2.66. The van der Waals surface area contributed by atoms with Gasteiger partial charge >= 0.3 is 6.85 Å². The van der Waals surface area contributed by atoms with Crippen molar-refractivity contribution in [3.05, 3.63) is 174 Å². The van der Waals surface area contributed by atoms with Crippen molar-refractivity contribution in [2.75, 3.05) is 9.71 Å². The zero-order valence-corrected chi connectivity index (χ0v) is 33.1. The van der Waals surface area contributed by atoms with E-state index in [0.29, 0.717) is 0 Å². The quantitative estimate of drug-likeness (QED) is 0.137. The van der Waals surface area contributed by atoms with Crippen LogP contribution in [0.25, 0.3) is 33.4 Å². The highest BCUT2D eigenvalue weighted by Gasteiger charge is 2.48. The molecule has 0 bridgehead atoms. The Balaban J connectivity index is 1.33. The van der Waals surface area contributed by atoms with Gasteiger partial charge in [-0.1, -0.05) is 156 Å². The van der Waals surface area contributed by atoms with Crippen LogP contribution in [-0.2, 0) is 18.3 Å². The third-order valence-corrected chi connectivity index (χ3v) is 12.8. The van der Waals surface area contributed by atoms with Gasteiger partial charge in [0.25, 0.3) is 0 Å². The SMILES string of the molecule is CCCCc1ccc(N2c3cccc4c3B(c3ccc5c(c32)-c2ccccc2C5(C)C)N(c2ccccc2)c2cc(CCCC)ccc2-4)c(-c2ccccc2)c1. The molecule has 0 amide bonds. The fourth-order valence-corrected chi connectivity index (χ4v) is 10.0. The van der Waals surface area contributed by atoms with E-state index in [9.17, 15) is 0 Å². The standard InChI is InChI=1S/C53H49BN2/c1-5-7-18-36-29-33-47(43(34-36)38-20-11-9-12-21-38)55-48-27-17-25-41-40-30-28-37(19-8-6-2)35-49(40)56(39-22-13-10-14-23-39)54(51(41)48)46-32-31-45-50(52(46)55)42-24-15-16-26-44(42)53(45,3)4/h9-17,20-35H,5-8,18-19H2,1-4H3. The molecule has 10 rings (SSSR count). The van der Waals surface area contributed by atoms with Crippen molar-refractivity contribution in [1.82, 2.24) is 0 Å². The zero-order chi connectivity index (χ0) is 38.0. The minimum absolute atomic E-state index is 0.0195. The molecular formula is C53H49BN2. The van der Waals surface area contributed by atoms with E-state index in [0.717, 1.165) is 12.8 Å². The minimum atomic E-state index is -0.131. The molecule has 0 radical (unpaired) electrons. The molecule has 7 aromatic carbocycles. The Kier molecular flexibility index (Phi) is 8.51. The number of para-hydroxylation sites is 1. The third-order valence-electron chi connectivity index (χ3n) is 12.8. The van der Waals surface area contributed by atoms with Gasteiger partial charge in [0.2, 0.25) is 0 Å². The Hall–Kier alpha value is -5.80. The predicted molar refractivity (Wildman–Crippen MR) is 240 cm³/mol. The number of aryl methyl sites for hydroxylation is 2. The molecule has 0 atom stereocenters. The third kappa shape index (κ3) is 5.31. The number of fused-ring (bicyclic) bond motifs is 8. The van der Waals surface area contributed by atoms with Crippen LogP contribution in [0.4, 0.5) is 28.4 Å². The van der Waals surface area contributed by atoms with Gasteiger partial charge < -0.3 is 9.71 Å². The van der Waals surface area contributed by atoms with E-state index < -0.39 is 0 Å². The number of hydrogen-bond acceptors (Lipinski definition) is 2. The van der Waals surface area contributed by atoms with Crippen molar-refractivity contribution in [2.24, 2.45) is 0 Å². The highest BCUT2D eigenvalue weighted by atomic mass is 15.2. The number of benzene rings is 7. The van der Waals surface area contributed by atoms with Crippen LogP contribution in [-0.4, -0.2) is 6.85 Å². The summed E-state index contributed by atoms with van der Waals surface area (Å²) in [5.41, 5.74) is 22.4. The van der Waals surface area contributed by atoms with Crippen molar-refractivity contribution >= 4 is 46.2 Å². The van der Waals surface area contributed by atoms with E-state index in [-0.39, 0.29) is 12.3 Å². The predicted octanol–water partition coefficient (Wildman–Crippen LogP) is 13.1. The highest BCUT2D eigenvalue weighted by Crippen LogP contribution is 2.56. The first-order valence-electron chi connectivity index (χ1n) is 20.9. The monoisotopic (exact) mass is 724 g/mol. The van der Waals surface area contributed by atoms with Gasteiger partial charge in [-0.3, -0.25) is 0 Å². The Morgan fingerprint density at radius 3 is 1.96 bits per heavy atom. The van der Waals surface area contributed by atoms with Crippen LogP contribution < -0.4 is 20.6 Å². The van der Waals surface area contributed by atoms with Gasteiger partial charge in [-0.2, -0.15) is 0 Å². The Labute approximate surface area is 333 Å². The van der Waals surface area contributed by atoms with Crippen LogP contribution in [0.5, 0.6) is 0 Å². The summed E-state index contributed by atoms with van der Waals surface area (Å²) in [6.45, 7) is 9.37. The molecule has 2 heterocycles. The summed E-state index contributed by atoms with van der Waals surface area (Å²) in [5.74, 6) is 0. The van der Waals surface area contributed by atoms with Crippen LogP contribution in [0.2, 0.25) is 0 Å². The van der Waals surface area contributed by atoms with E-state index in [4.69, 9.17) is 0 Å². The smallest absolute Gasteiger partial charge is 0.333 e. The topological polar surface area (TPSA) is 6.48 Å². The molecule has 0 fully saturated rings.